The summed E-state index contributed by atoms with van der Waals surface area (Å²) in [5, 5.41) is 15.9. The van der Waals surface area contributed by atoms with Crippen LogP contribution in [0.3, 0.4) is 0 Å². The number of nitro groups is 1. The lowest BCUT2D eigenvalue weighted by atomic mass is 9.97. The number of nitrogens with one attached hydrogen (secondary N) is 3. The van der Waals surface area contributed by atoms with Crippen molar-refractivity contribution in [3.63, 3.8) is 0 Å². The fraction of sp³-hybridized carbons (Fsp3) is 0.366. The van der Waals surface area contributed by atoms with Crippen LogP contribution in [0.5, 0.6) is 11.5 Å². The molecule has 4 heterocycles. The van der Waals surface area contributed by atoms with Crippen molar-refractivity contribution in [2.45, 2.75) is 49.5 Å². The van der Waals surface area contributed by atoms with Gasteiger partial charge in [0.05, 0.1) is 21.6 Å². The van der Waals surface area contributed by atoms with Gasteiger partial charge < -0.3 is 24.7 Å². The third-order valence-electron chi connectivity index (χ3n) is 11.2. The van der Waals surface area contributed by atoms with Gasteiger partial charge in [0, 0.05) is 81.4 Å². The summed E-state index contributed by atoms with van der Waals surface area (Å²) >= 11 is 0. The van der Waals surface area contributed by atoms with Gasteiger partial charge in [0.15, 0.2) is 0 Å². The van der Waals surface area contributed by atoms with Crippen LogP contribution in [-0.4, -0.2) is 80.1 Å². The van der Waals surface area contributed by atoms with Crippen LogP contribution in [0.1, 0.15) is 59.6 Å². The number of hydrogen-bond acceptors (Lipinski definition) is 11. The van der Waals surface area contributed by atoms with Crippen LogP contribution in [0.4, 0.5) is 21.5 Å². The zero-order valence-corrected chi connectivity index (χ0v) is 32.1. The lowest BCUT2D eigenvalue weighted by molar-refractivity contribution is -0.384. The summed E-state index contributed by atoms with van der Waals surface area (Å²) in [4.78, 5) is 36.8. The normalized spacial score (nSPS) is 18.1. The number of nitro benzene ring substituents is 1. The summed E-state index contributed by atoms with van der Waals surface area (Å²) in [7, 11) is -4.56. The minimum Gasteiger partial charge on any atom is -0.455 e. The molecule has 0 spiro atoms. The highest BCUT2D eigenvalue weighted by Crippen LogP contribution is 2.37. The number of aryl methyl sites for hydroxylation is 1. The van der Waals surface area contributed by atoms with E-state index in [0.717, 1.165) is 74.3 Å². The highest BCUT2D eigenvalue weighted by Gasteiger charge is 2.30. The molecule has 8 rings (SSSR count). The second-order valence-electron chi connectivity index (χ2n) is 14.8. The first kappa shape index (κ1) is 38.3. The average molecular weight is 798 g/mol. The Morgan fingerprint density at radius 2 is 1.82 bits per heavy atom. The Bertz CT molecular complexity index is 2390. The number of anilines is 2. The van der Waals surface area contributed by atoms with E-state index in [2.05, 4.69) is 29.8 Å². The molecule has 2 fully saturated rings. The van der Waals surface area contributed by atoms with Gasteiger partial charge >= 0.3 is 0 Å². The molecule has 0 bridgehead atoms. The van der Waals surface area contributed by atoms with Crippen LogP contribution in [0.15, 0.2) is 84.0 Å². The molecular weight excluding hydrogens is 754 g/mol. The van der Waals surface area contributed by atoms with Gasteiger partial charge in [-0.25, -0.2) is 22.5 Å². The zero-order valence-electron chi connectivity index (χ0n) is 31.3. The first-order valence-corrected chi connectivity index (χ1v) is 20.8. The molecule has 1 aliphatic carbocycles. The number of amides is 1. The van der Waals surface area contributed by atoms with Gasteiger partial charge in [-0.15, -0.1) is 0 Å². The molecule has 3 aromatic carbocycles. The molecule has 3 N–H and O–H groups in total. The van der Waals surface area contributed by atoms with Crippen LogP contribution in [-0.2, 0) is 21.2 Å². The lowest BCUT2D eigenvalue weighted by Crippen LogP contribution is -2.47. The van der Waals surface area contributed by atoms with Crippen molar-refractivity contribution >= 4 is 44.0 Å². The van der Waals surface area contributed by atoms with E-state index in [1.807, 2.05) is 12.1 Å². The molecule has 0 radical (unpaired) electrons. The first-order chi connectivity index (χ1) is 27.6. The van der Waals surface area contributed by atoms with Crippen molar-refractivity contribution in [2.24, 2.45) is 5.92 Å². The fourth-order valence-electron chi connectivity index (χ4n) is 8.09. The minimum absolute atomic E-state index is 0.0588. The number of rotatable bonds is 11. The number of nitrogens with zero attached hydrogens (tertiary/aromatic N) is 4. The van der Waals surface area contributed by atoms with E-state index >= 15 is 0 Å². The fourth-order valence-corrected chi connectivity index (χ4v) is 9.07. The molecule has 57 heavy (non-hydrogen) atoms. The molecule has 0 saturated carbocycles. The number of hydrogen-bond donors (Lipinski definition) is 3. The van der Waals surface area contributed by atoms with Gasteiger partial charge in [0.2, 0.25) is 0 Å². The topological polar surface area (TPSA) is 172 Å². The predicted octanol–water partition coefficient (Wildman–Crippen LogP) is 6.95. The summed E-state index contributed by atoms with van der Waals surface area (Å²) in [5.74, 6) is -0.486. The van der Waals surface area contributed by atoms with Crippen LogP contribution in [0.25, 0.3) is 11.0 Å². The zero-order chi connectivity index (χ0) is 39.5. The van der Waals surface area contributed by atoms with E-state index in [1.165, 1.54) is 30.0 Å². The van der Waals surface area contributed by atoms with Crippen LogP contribution < -0.4 is 19.7 Å². The molecule has 2 aromatic heterocycles. The van der Waals surface area contributed by atoms with Crippen molar-refractivity contribution in [2.75, 3.05) is 56.2 Å². The number of carbonyl (C=O) groups is 1. The quantitative estimate of drug-likeness (QED) is 0.0718. The Balaban J connectivity index is 1.02. The number of aromatic nitrogens is 2. The smallest absolute Gasteiger partial charge is 0.293 e. The molecule has 1 atom stereocenters. The largest absolute Gasteiger partial charge is 0.455 e. The predicted molar refractivity (Wildman–Crippen MR) is 213 cm³/mol. The monoisotopic (exact) mass is 797 g/mol. The molecule has 14 nitrogen and oxygen atoms in total. The van der Waals surface area contributed by atoms with Crippen molar-refractivity contribution in [1.82, 2.24) is 19.6 Å². The number of sulfonamides is 1. The van der Waals surface area contributed by atoms with E-state index in [1.54, 1.807) is 36.5 Å². The molecule has 2 aliphatic heterocycles. The van der Waals surface area contributed by atoms with Gasteiger partial charge in [-0.2, -0.15) is 0 Å². The summed E-state index contributed by atoms with van der Waals surface area (Å²) in [6.45, 7) is 4.52. The van der Waals surface area contributed by atoms with Crippen molar-refractivity contribution in [1.29, 1.82) is 0 Å². The molecule has 1 amide bonds. The highest BCUT2D eigenvalue weighted by atomic mass is 32.2. The summed E-state index contributed by atoms with van der Waals surface area (Å²) in [6.07, 6.45) is 8.95. The van der Waals surface area contributed by atoms with Crippen molar-refractivity contribution in [3.05, 3.63) is 112 Å². The third-order valence-corrected chi connectivity index (χ3v) is 12.5. The number of halogens is 1. The van der Waals surface area contributed by atoms with E-state index in [9.17, 15) is 27.7 Å². The molecule has 298 valence electrons. The average Bonchev–Trinajstić information content (AvgIpc) is 3.59. The Hall–Kier alpha value is -5.58. The number of benzene rings is 3. The number of pyridine rings is 1. The molecule has 16 heteroatoms. The number of H-pyrrole nitrogens is 1. The summed E-state index contributed by atoms with van der Waals surface area (Å²) in [5.41, 5.74) is 3.40. The van der Waals surface area contributed by atoms with Crippen molar-refractivity contribution in [3.8, 4) is 11.5 Å². The molecular formula is C41H44FN7O7S. The number of fused-ring (bicyclic) bond motifs is 2. The molecule has 3 aliphatic rings. The maximum atomic E-state index is 14.4. The van der Waals surface area contributed by atoms with Gasteiger partial charge in [-0.05, 0) is 97.7 Å². The van der Waals surface area contributed by atoms with E-state index < -0.39 is 31.4 Å². The first-order valence-electron chi connectivity index (χ1n) is 19.3. The summed E-state index contributed by atoms with van der Waals surface area (Å²) in [6, 6.07) is 17.4. The number of aromatic amines is 1. The standard InChI is InChI=1S/C41H44FN7O7S/c42-30-6-5-28-3-1-2-4-37(35(28)22-30)48-17-15-47(16-18-48)31-7-9-34(39(23-31)56-32-21-29-11-14-43-40(29)45-26-32)41(50)46-57(53,54)33-8-10-36(38(24-33)49(51)52)44-25-27-12-19-55-20-13-27/h5-11,14,21-24,26-27,37,44H,1-4,12-13,15-20,25H2,(H,43,45)(H,46,50). The lowest BCUT2D eigenvalue weighted by Gasteiger charge is -2.40. The van der Waals surface area contributed by atoms with E-state index in [4.69, 9.17) is 9.47 Å². The Kier molecular flexibility index (Phi) is 11.1. The molecule has 5 aromatic rings. The number of piperazine rings is 1. The summed E-state index contributed by atoms with van der Waals surface area (Å²) < 4.78 is 55.4. The molecule has 2 saturated heterocycles. The molecule has 1 unspecified atom stereocenters. The maximum Gasteiger partial charge on any atom is 0.293 e. The SMILES string of the molecule is O=C(NS(=O)(=O)c1ccc(NCC2CCOCC2)c([N+](=O)[O-])c1)c1ccc(N2CCN(C3CCCCc4ccc(F)cc43)CC2)cc1Oc1cnc2[nH]ccc2c1. The number of carbonyl (C=O) groups excluding carboxylic acids is 1. The van der Waals surface area contributed by atoms with Gasteiger partial charge in [0.1, 0.15) is 28.7 Å². The highest BCUT2D eigenvalue weighted by molar-refractivity contribution is 7.90. The van der Waals surface area contributed by atoms with E-state index in [0.29, 0.717) is 44.2 Å². The third kappa shape index (κ3) is 8.57. The van der Waals surface area contributed by atoms with Gasteiger partial charge in [-0.3, -0.25) is 19.8 Å². The van der Waals surface area contributed by atoms with Gasteiger partial charge in [0.25, 0.3) is 21.6 Å². The second-order valence-corrected chi connectivity index (χ2v) is 16.5. The Morgan fingerprint density at radius 3 is 2.63 bits per heavy atom. The van der Waals surface area contributed by atoms with E-state index in [-0.39, 0.29) is 34.8 Å². The van der Waals surface area contributed by atoms with Crippen LogP contribution >= 0.6 is 0 Å². The van der Waals surface area contributed by atoms with Crippen LogP contribution in [0.2, 0.25) is 0 Å². The Morgan fingerprint density at radius 1 is 1.00 bits per heavy atom. The van der Waals surface area contributed by atoms with Crippen LogP contribution in [0, 0.1) is 21.8 Å². The van der Waals surface area contributed by atoms with Gasteiger partial charge in [-0.1, -0.05) is 12.5 Å². The number of ether oxygens (including phenoxy) is 2. The minimum atomic E-state index is -4.56. The maximum absolute atomic E-state index is 14.4. The Labute approximate surface area is 329 Å². The van der Waals surface area contributed by atoms with Crippen molar-refractivity contribution < 1.29 is 32.0 Å². The second kappa shape index (κ2) is 16.5.